The zero-order valence-corrected chi connectivity index (χ0v) is 12.2. The van der Waals surface area contributed by atoms with Gasteiger partial charge in [0.1, 0.15) is 6.10 Å². The van der Waals surface area contributed by atoms with Gasteiger partial charge in [0.25, 0.3) is 0 Å². The second-order valence-corrected chi connectivity index (χ2v) is 4.82. The fraction of sp³-hybridized carbons (Fsp3) is 0.455. The molecule has 0 amide bonds. The lowest BCUT2D eigenvalue weighted by molar-refractivity contribution is 0.0135. The summed E-state index contributed by atoms with van der Waals surface area (Å²) in [7, 11) is 1.71. The third kappa shape index (κ3) is 4.07. The summed E-state index contributed by atoms with van der Waals surface area (Å²) >= 11 is 1.84. The van der Waals surface area contributed by atoms with Crippen LogP contribution in [0.5, 0.6) is 0 Å². The quantitative estimate of drug-likeness (QED) is 0.399. The summed E-state index contributed by atoms with van der Waals surface area (Å²) in [5.74, 6) is 0. The van der Waals surface area contributed by atoms with E-state index < -0.39 is 6.10 Å². The van der Waals surface area contributed by atoms with E-state index in [4.69, 9.17) is 15.9 Å². The van der Waals surface area contributed by atoms with Gasteiger partial charge >= 0.3 is 0 Å². The highest BCUT2D eigenvalue weighted by atomic mass is 127. The first-order valence-electron chi connectivity index (χ1n) is 5.42. The highest BCUT2D eigenvalue weighted by Crippen LogP contribution is 2.15. The maximum absolute atomic E-state index is 10.1. The van der Waals surface area contributed by atoms with Crippen molar-refractivity contribution in [2.75, 3.05) is 20.3 Å². The number of nitrogens with one attached hydrogen (secondary N) is 2. The topological polar surface area (TPSA) is 104 Å². The normalized spacial score (nSPS) is 19.7. The Morgan fingerprint density at radius 3 is 2.72 bits per heavy atom. The SMILES string of the molecule is CN/C=C(\C(=N)I)C(O)C(C=NC1COC1)=CN. The van der Waals surface area contributed by atoms with E-state index in [1.165, 1.54) is 6.20 Å². The molecule has 0 aromatic rings. The Kier molecular flexibility index (Phi) is 6.30. The van der Waals surface area contributed by atoms with Crippen molar-refractivity contribution in [2.24, 2.45) is 10.7 Å². The van der Waals surface area contributed by atoms with E-state index in [1.807, 2.05) is 22.6 Å². The molecule has 0 spiro atoms. The second-order valence-electron chi connectivity index (χ2n) is 3.74. The zero-order chi connectivity index (χ0) is 13.5. The minimum atomic E-state index is -0.961. The first kappa shape index (κ1) is 15.1. The number of nitrogens with zero attached hydrogens (tertiary/aromatic N) is 1. The van der Waals surface area contributed by atoms with Crippen LogP contribution in [0.1, 0.15) is 0 Å². The van der Waals surface area contributed by atoms with Gasteiger partial charge in [0.05, 0.1) is 23.0 Å². The van der Waals surface area contributed by atoms with Crippen molar-refractivity contribution in [3.63, 3.8) is 0 Å². The van der Waals surface area contributed by atoms with Crippen molar-refractivity contribution in [3.05, 3.63) is 23.5 Å². The Morgan fingerprint density at radius 2 is 2.33 bits per heavy atom. The van der Waals surface area contributed by atoms with Gasteiger partial charge in [0, 0.05) is 36.8 Å². The number of aliphatic imine (C=N–C) groups is 1. The molecule has 0 aromatic carbocycles. The first-order valence-corrected chi connectivity index (χ1v) is 6.50. The van der Waals surface area contributed by atoms with Crippen LogP contribution in [0.25, 0.3) is 0 Å². The number of ether oxygens (including phenoxy) is 1. The summed E-state index contributed by atoms with van der Waals surface area (Å²) < 4.78 is 5.25. The van der Waals surface area contributed by atoms with Crippen molar-refractivity contribution in [2.45, 2.75) is 12.1 Å². The van der Waals surface area contributed by atoms with Crippen LogP contribution >= 0.6 is 22.6 Å². The van der Waals surface area contributed by atoms with Crippen LogP contribution in [-0.4, -0.2) is 47.4 Å². The second kappa shape index (κ2) is 7.49. The summed E-state index contributed by atoms with van der Waals surface area (Å²) in [6, 6.07) is 0.142. The maximum Gasteiger partial charge on any atom is 0.111 e. The molecular formula is C11H17IN4O2. The van der Waals surface area contributed by atoms with Gasteiger partial charge in [-0.25, -0.2) is 0 Å². The zero-order valence-electron chi connectivity index (χ0n) is 10.1. The fourth-order valence-electron chi connectivity index (χ4n) is 1.30. The molecule has 7 heteroatoms. The summed E-state index contributed by atoms with van der Waals surface area (Å²) in [5.41, 5.74) is 6.40. The molecule has 0 radical (unpaired) electrons. The molecule has 1 aliphatic rings. The standard InChI is InChI=1S/C11H17IN4O2/c1-15-4-9(11(12)14)10(17)7(2-13)3-16-8-5-18-6-8/h2-4,8,10,14-15,17H,5-6,13H2,1H3/b7-2?,9-4-,14-11?,16-3?. The van der Waals surface area contributed by atoms with Gasteiger partial charge in [-0.05, 0) is 22.6 Å². The lowest BCUT2D eigenvalue weighted by Gasteiger charge is -2.22. The molecular weight excluding hydrogens is 347 g/mol. The molecule has 1 unspecified atom stereocenters. The van der Waals surface area contributed by atoms with E-state index in [0.29, 0.717) is 24.4 Å². The van der Waals surface area contributed by atoms with Gasteiger partial charge in [0.2, 0.25) is 0 Å². The smallest absolute Gasteiger partial charge is 0.111 e. The first-order chi connectivity index (χ1) is 8.60. The average molecular weight is 364 g/mol. The fourth-order valence-corrected chi connectivity index (χ4v) is 1.75. The van der Waals surface area contributed by atoms with Gasteiger partial charge in [0.15, 0.2) is 0 Å². The summed E-state index contributed by atoms with van der Waals surface area (Å²) in [6.45, 7) is 1.21. The number of hydrogen-bond acceptors (Lipinski definition) is 6. The molecule has 0 aliphatic carbocycles. The third-order valence-electron chi connectivity index (χ3n) is 2.41. The highest BCUT2D eigenvalue weighted by molar-refractivity contribution is 14.1. The summed E-state index contributed by atoms with van der Waals surface area (Å²) in [4.78, 5) is 4.24. The lowest BCUT2D eigenvalue weighted by atomic mass is 10.0. The predicted molar refractivity (Wildman–Crippen MR) is 80.3 cm³/mol. The molecule has 0 bridgehead atoms. The molecule has 0 aromatic heterocycles. The Balaban J connectivity index is 2.77. The number of rotatable bonds is 6. The van der Waals surface area contributed by atoms with Gasteiger partial charge in [-0.1, -0.05) is 0 Å². The van der Waals surface area contributed by atoms with E-state index in [0.717, 1.165) is 0 Å². The molecule has 1 fully saturated rings. The summed E-state index contributed by atoms with van der Waals surface area (Å²) in [5, 5.41) is 20.5. The van der Waals surface area contributed by atoms with E-state index in [-0.39, 0.29) is 9.76 Å². The molecule has 1 saturated heterocycles. The van der Waals surface area contributed by atoms with Gasteiger partial charge in [-0.2, -0.15) is 0 Å². The monoisotopic (exact) mass is 364 g/mol. The van der Waals surface area contributed by atoms with Crippen molar-refractivity contribution in [1.29, 1.82) is 5.41 Å². The number of aliphatic hydroxyl groups excluding tert-OH is 1. The van der Waals surface area contributed by atoms with E-state index in [1.54, 1.807) is 19.5 Å². The van der Waals surface area contributed by atoms with E-state index in [2.05, 4.69) is 10.3 Å². The van der Waals surface area contributed by atoms with Crippen LogP contribution in [0.4, 0.5) is 0 Å². The molecule has 1 aliphatic heterocycles. The Morgan fingerprint density at radius 1 is 1.67 bits per heavy atom. The number of nitrogens with two attached hydrogens (primary N) is 1. The molecule has 6 nitrogen and oxygen atoms in total. The van der Waals surface area contributed by atoms with Crippen LogP contribution in [-0.2, 0) is 4.74 Å². The van der Waals surface area contributed by atoms with E-state index >= 15 is 0 Å². The minimum absolute atomic E-state index is 0.142. The van der Waals surface area contributed by atoms with Crippen molar-refractivity contribution < 1.29 is 9.84 Å². The third-order valence-corrected chi connectivity index (χ3v) is 3.03. The van der Waals surface area contributed by atoms with Crippen molar-refractivity contribution in [3.8, 4) is 0 Å². The Labute approximate surface area is 120 Å². The molecule has 18 heavy (non-hydrogen) atoms. The van der Waals surface area contributed by atoms with Crippen LogP contribution in [0.2, 0.25) is 0 Å². The molecule has 1 atom stereocenters. The van der Waals surface area contributed by atoms with Crippen LogP contribution in [0, 0.1) is 5.41 Å². The van der Waals surface area contributed by atoms with Crippen LogP contribution in [0.3, 0.4) is 0 Å². The maximum atomic E-state index is 10.1. The number of hydrogen-bond donors (Lipinski definition) is 4. The Hall–Kier alpha value is -0.930. The van der Waals surface area contributed by atoms with Gasteiger partial charge in [-0.15, -0.1) is 0 Å². The van der Waals surface area contributed by atoms with Crippen molar-refractivity contribution >= 4 is 32.5 Å². The highest BCUT2D eigenvalue weighted by Gasteiger charge is 2.19. The number of halogens is 1. The van der Waals surface area contributed by atoms with E-state index in [9.17, 15) is 5.11 Å². The lowest BCUT2D eigenvalue weighted by Crippen LogP contribution is -2.32. The molecule has 100 valence electrons. The largest absolute Gasteiger partial charge is 0.404 e. The molecule has 1 heterocycles. The average Bonchev–Trinajstić information content (AvgIpc) is 2.28. The molecule has 1 rings (SSSR count). The predicted octanol–water partition coefficient (Wildman–Crippen LogP) is 0.175. The van der Waals surface area contributed by atoms with Crippen LogP contribution < -0.4 is 11.1 Å². The van der Waals surface area contributed by atoms with Gasteiger partial charge in [-0.3, -0.25) is 10.4 Å². The molecule has 0 saturated carbocycles. The van der Waals surface area contributed by atoms with Crippen molar-refractivity contribution in [1.82, 2.24) is 5.32 Å². The number of aliphatic hydroxyl groups is 1. The Bertz CT molecular complexity index is 389. The van der Waals surface area contributed by atoms with Crippen LogP contribution in [0.15, 0.2) is 28.5 Å². The van der Waals surface area contributed by atoms with Gasteiger partial charge < -0.3 is 20.9 Å². The minimum Gasteiger partial charge on any atom is -0.404 e. The molecule has 5 N–H and O–H groups in total. The summed E-state index contributed by atoms with van der Waals surface area (Å²) in [6.07, 6.45) is 3.46.